The van der Waals surface area contributed by atoms with Gasteiger partial charge in [0.1, 0.15) is 11.9 Å². The maximum atomic E-state index is 14.1. The lowest BCUT2D eigenvalue weighted by Crippen LogP contribution is -2.40. The number of aromatic nitrogens is 1. The lowest BCUT2D eigenvalue weighted by molar-refractivity contribution is -0.123. The number of nitrogens with two attached hydrogens (primary N) is 1. The van der Waals surface area contributed by atoms with Gasteiger partial charge in [0, 0.05) is 31.2 Å². The smallest absolute Gasteiger partial charge is 0.221 e. The number of primary amides is 1. The van der Waals surface area contributed by atoms with E-state index in [0.29, 0.717) is 35.2 Å². The highest BCUT2D eigenvalue weighted by Gasteiger charge is 2.23. The molecule has 0 radical (unpaired) electrons. The Morgan fingerprint density at radius 1 is 1.34 bits per heavy atom. The number of fused-ring (bicyclic) bond motifs is 1. The number of halogens is 1. The van der Waals surface area contributed by atoms with Crippen LogP contribution in [-0.2, 0) is 17.9 Å². The Morgan fingerprint density at radius 2 is 2.16 bits per heavy atom. The third-order valence-corrected chi connectivity index (χ3v) is 6.02. The van der Waals surface area contributed by atoms with Gasteiger partial charge in [-0.05, 0) is 55.1 Å². The average molecular weight is 432 g/mol. The van der Waals surface area contributed by atoms with Crippen LogP contribution >= 0.6 is 0 Å². The van der Waals surface area contributed by atoms with Crippen LogP contribution in [0.1, 0.15) is 35.1 Å². The first-order valence-electron chi connectivity index (χ1n) is 10.8. The molecule has 7 heteroatoms. The molecule has 1 fully saturated rings. The summed E-state index contributed by atoms with van der Waals surface area (Å²) in [4.78, 5) is 18.2. The van der Waals surface area contributed by atoms with Crippen LogP contribution in [0.5, 0.6) is 0 Å². The molecule has 1 saturated heterocycles. The second-order valence-electron chi connectivity index (χ2n) is 8.43. The Kier molecular flexibility index (Phi) is 6.33. The number of amides is 1. The number of hydrogen-bond donors (Lipinski definition) is 2. The fourth-order valence-corrected chi connectivity index (χ4v) is 4.43. The van der Waals surface area contributed by atoms with Crippen molar-refractivity contribution in [2.24, 2.45) is 11.7 Å². The van der Waals surface area contributed by atoms with Crippen molar-refractivity contribution in [3.8, 4) is 6.07 Å². The molecule has 1 atom stereocenters. The summed E-state index contributed by atoms with van der Waals surface area (Å²) in [5, 5.41) is 13.5. The van der Waals surface area contributed by atoms with Gasteiger partial charge in [-0.1, -0.05) is 24.3 Å². The van der Waals surface area contributed by atoms with Gasteiger partial charge in [-0.3, -0.25) is 14.7 Å². The van der Waals surface area contributed by atoms with E-state index in [2.05, 4.69) is 33.4 Å². The van der Waals surface area contributed by atoms with E-state index in [9.17, 15) is 14.4 Å². The van der Waals surface area contributed by atoms with Gasteiger partial charge in [-0.15, -0.1) is 0 Å². The van der Waals surface area contributed by atoms with Crippen molar-refractivity contribution in [1.29, 1.82) is 5.26 Å². The summed E-state index contributed by atoms with van der Waals surface area (Å²) < 4.78 is 14.1. The summed E-state index contributed by atoms with van der Waals surface area (Å²) in [6.07, 6.45) is 3.35. The molecular formula is C25H26FN5O. The van der Waals surface area contributed by atoms with Crippen molar-refractivity contribution in [2.75, 3.05) is 18.4 Å². The Morgan fingerprint density at radius 3 is 2.94 bits per heavy atom. The fraction of sp³-hybridized carbons (Fsp3) is 0.320. The van der Waals surface area contributed by atoms with Gasteiger partial charge < -0.3 is 11.1 Å². The van der Waals surface area contributed by atoms with Crippen molar-refractivity contribution >= 4 is 22.5 Å². The maximum absolute atomic E-state index is 14.1. The summed E-state index contributed by atoms with van der Waals surface area (Å²) in [6.45, 7) is 4.69. The van der Waals surface area contributed by atoms with E-state index >= 15 is 0 Å². The van der Waals surface area contributed by atoms with Gasteiger partial charge in [0.25, 0.3) is 0 Å². The number of nitriles is 1. The molecular weight excluding hydrogens is 405 g/mol. The normalized spacial score (nSPS) is 16.6. The van der Waals surface area contributed by atoms with E-state index in [1.165, 1.54) is 18.3 Å². The molecule has 164 valence electrons. The molecule has 4 rings (SSSR count). The molecule has 3 N–H and O–H groups in total. The number of anilines is 1. The molecule has 0 saturated carbocycles. The van der Waals surface area contributed by atoms with Crippen molar-refractivity contribution < 1.29 is 9.18 Å². The van der Waals surface area contributed by atoms with Crippen LogP contribution in [0.3, 0.4) is 0 Å². The lowest BCUT2D eigenvalue weighted by atomic mass is 9.97. The molecule has 1 aliphatic rings. The molecule has 2 aromatic carbocycles. The number of pyridine rings is 1. The Balaban J connectivity index is 1.52. The minimum absolute atomic E-state index is 0.0816. The Bertz CT molecular complexity index is 1200. The van der Waals surface area contributed by atoms with Gasteiger partial charge in [0.05, 0.1) is 22.7 Å². The molecule has 0 spiro atoms. The molecule has 0 aliphatic carbocycles. The van der Waals surface area contributed by atoms with Crippen LogP contribution in [0, 0.1) is 30.0 Å². The van der Waals surface area contributed by atoms with E-state index in [-0.39, 0.29) is 17.6 Å². The van der Waals surface area contributed by atoms with Crippen molar-refractivity contribution in [3.05, 3.63) is 70.7 Å². The van der Waals surface area contributed by atoms with Gasteiger partial charge in [0.15, 0.2) is 0 Å². The van der Waals surface area contributed by atoms with E-state index in [1.54, 1.807) is 6.92 Å². The summed E-state index contributed by atoms with van der Waals surface area (Å²) in [6, 6.07) is 13.2. The average Bonchev–Trinajstić information content (AvgIpc) is 2.77. The van der Waals surface area contributed by atoms with Crippen LogP contribution in [0.2, 0.25) is 0 Å². The first kappa shape index (κ1) is 21.7. The quantitative estimate of drug-likeness (QED) is 0.618. The largest absolute Gasteiger partial charge is 0.379 e. The lowest BCUT2D eigenvalue weighted by Gasteiger charge is -2.31. The summed E-state index contributed by atoms with van der Waals surface area (Å²) >= 11 is 0. The number of carbonyl (C=O) groups is 1. The molecule has 2 heterocycles. The minimum Gasteiger partial charge on any atom is -0.379 e. The third-order valence-electron chi connectivity index (χ3n) is 6.02. The second-order valence-corrected chi connectivity index (χ2v) is 8.43. The number of piperidine rings is 1. The van der Waals surface area contributed by atoms with Gasteiger partial charge in [0.2, 0.25) is 5.91 Å². The SMILES string of the molecule is Cc1cc(F)cc2c(NCc3cccc(CN4CCCC(C(N)=O)C4)c3)c(C#N)cnc12. The van der Waals surface area contributed by atoms with E-state index in [1.807, 2.05) is 12.1 Å². The monoisotopic (exact) mass is 431 g/mol. The Labute approximate surface area is 186 Å². The summed E-state index contributed by atoms with van der Waals surface area (Å²) in [7, 11) is 0. The molecule has 0 bridgehead atoms. The first-order chi connectivity index (χ1) is 15.4. The number of likely N-dealkylation sites (tertiary alicyclic amines) is 1. The second kappa shape index (κ2) is 9.33. The van der Waals surface area contributed by atoms with Crippen LogP contribution in [0.25, 0.3) is 10.9 Å². The number of benzene rings is 2. The third kappa shape index (κ3) is 4.71. The van der Waals surface area contributed by atoms with Gasteiger partial charge in [-0.2, -0.15) is 5.26 Å². The van der Waals surface area contributed by atoms with Crippen LogP contribution in [-0.4, -0.2) is 28.9 Å². The van der Waals surface area contributed by atoms with Gasteiger partial charge >= 0.3 is 0 Å². The standard InChI is InChI=1S/C25H26FN5O/c1-16-8-21(26)10-22-23(16)30-13-20(11-27)24(22)29-12-17-4-2-5-18(9-17)14-31-7-3-6-19(15-31)25(28)32/h2,4-5,8-10,13,19H,3,6-7,12,14-15H2,1H3,(H2,28,32)(H,29,30). The molecule has 1 aliphatic heterocycles. The molecule has 32 heavy (non-hydrogen) atoms. The first-order valence-corrected chi connectivity index (χ1v) is 10.8. The molecule has 6 nitrogen and oxygen atoms in total. The van der Waals surface area contributed by atoms with Crippen LogP contribution in [0.15, 0.2) is 42.6 Å². The van der Waals surface area contributed by atoms with E-state index in [0.717, 1.165) is 42.6 Å². The Hall–Kier alpha value is -3.50. The summed E-state index contributed by atoms with van der Waals surface area (Å²) in [5.74, 6) is -0.660. The maximum Gasteiger partial charge on any atom is 0.221 e. The fourth-order valence-electron chi connectivity index (χ4n) is 4.43. The number of carbonyl (C=O) groups excluding carboxylic acids is 1. The highest BCUT2D eigenvalue weighted by molar-refractivity contribution is 5.95. The van der Waals surface area contributed by atoms with E-state index < -0.39 is 0 Å². The number of nitrogens with one attached hydrogen (secondary N) is 1. The zero-order valence-corrected chi connectivity index (χ0v) is 18.1. The van der Waals surface area contributed by atoms with E-state index in [4.69, 9.17) is 5.73 Å². The molecule has 1 unspecified atom stereocenters. The number of hydrogen-bond acceptors (Lipinski definition) is 5. The summed E-state index contributed by atoms with van der Waals surface area (Å²) in [5.41, 5.74) is 10.1. The van der Waals surface area contributed by atoms with Crippen LogP contribution < -0.4 is 11.1 Å². The molecule has 3 aromatic rings. The predicted molar refractivity (Wildman–Crippen MR) is 122 cm³/mol. The van der Waals surface area contributed by atoms with Crippen LogP contribution in [0.4, 0.5) is 10.1 Å². The van der Waals surface area contributed by atoms with Gasteiger partial charge in [-0.25, -0.2) is 4.39 Å². The highest BCUT2D eigenvalue weighted by atomic mass is 19.1. The minimum atomic E-state index is -0.354. The molecule has 1 aromatic heterocycles. The number of aryl methyl sites for hydroxylation is 1. The molecule has 1 amide bonds. The van der Waals surface area contributed by atoms with Crippen molar-refractivity contribution in [1.82, 2.24) is 9.88 Å². The predicted octanol–water partition coefficient (Wildman–Crippen LogP) is 3.86. The van der Waals surface area contributed by atoms with Crippen molar-refractivity contribution in [2.45, 2.75) is 32.9 Å². The van der Waals surface area contributed by atoms with Crippen molar-refractivity contribution in [3.63, 3.8) is 0 Å². The number of rotatable bonds is 6. The zero-order valence-electron chi connectivity index (χ0n) is 18.1. The number of nitrogens with zero attached hydrogens (tertiary/aromatic N) is 3. The highest BCUT2D eigenvalue weighted by Crippen LogP contribution is 2.29. The zero-order chi connectivity index (χ0) is 22.7. The topological polar surface area (TPSA) is 95.0 Å².